The Hall–Kier alpha value is -4.32. The van der Waals surface area contributed by atoms with Crippen molar-refractivity contribution in [2.75, 3.05) is 11.2 Å². The summed E-state index contributed by atoms with van der Waals surface area (Å²) in [6, 6.07) is 13.9. The highest BCUT2D eigenvalue weighted by Crippen LogP contribution is 2.31. The van der Waals surface area contributed by atoms with Crippen LogP contribution in [0.25, 0.3) is 0 Å². The van der Waals surface area contributed by atoms with Crippen molar-refractivity contribution in [2.45, 2.75) is 38.8 Å². The van der Waals surface area contributed by atoms with Crippen LogP contribution in [0.4, 0.5) is 19.3 Å². The molecule has 210 valence electrons. The van der Waals surface area contributed by atoms with E-state index in [9.17, 15) is 22.0 Å². The first kappa shape index (κ1) is 28.7. The maximum Gasteiger partial charge on any atom is 0.419 e. The number of pyridine rings is 1. The molecule has 1 aliphatic rings. The summed E-state index contributed by atoms with van der Waals surface area (Å²) in [5.41, 5.74) is 0.516. The number of ether oxygens (including phenoxy) is 2. The Morgan fingerprint density at radius 3 is 2.23 bits per heavy atom. The molecule has 12 heteroatoms. The van der Waals surface area contributed by atoms with Crippen LogP contribution in [0.2, 0.25) is 0 Å². The molecule has 1 unspecified atom stereocenters. The van der Waals surface area contributed by atoms with Crippen LogP contribution in [0.5, 0.6) is 11.6 Å². The number of nitrogens with one attached hydrogen (secondary N) is 1. The number of anilines is 1. The molecule has 1 amide bonds. The van der Waals surface area contributed by atoms with Gasteiger partial charge in [-0.2, -0.15) is 0 Å². The fourth-order valence-corrected chi connectivity index (χ4v) is 4.35. The Kier molecular flexibility index (Phi) is 8.19. The van der Waals surface area contributed by atoms with Crippen molar-refractivity contribution >= 4 is 26.8 Å². The van der Waals surface area contributed by atoms with E-state index in [4.69, 9.17) is 9.47 Å². The Balaban J connectivity index is 1.71. The first-order valence-electron chi connectivity index (χ1n) is 12.2. The lowest BCUT2D eigenvalue weighted by atomic mass is 10.0. The molecule has 3 aromatic rings. The maximum atomic E-state index is 13.5. The fourth-order valence-electron chi connectivity index (χ4n) is 3.76. The average molecular weight is 571 g/mol. The second kappa shape index (κ2) is 11.4. The number of aliphatic imine (C=N–C) groups is 1. The van der Waals surface area contributed by atoms with Gasteiger partial charge >= 0.3 is 6.09 Å². The molecular weight excluding hydrogens is 542 g/mol. The molecule has 0 saturated carbocycles. The van der Waals surface area contributed by atoms with E-state index in [-0.39, 0.29) is 17.5 Å². The van der Waals surface area contributed by atoms with E-state index in [0.717, 1.165) is 12.5 Å². The van der Waals surface area contributed by atoms with Crippen LogP contribution in [-0.4, -0.2) is 42.6 Å². The highest BCUT2D eigenvalue weighted by molar-refractivity contribution is 8.05. The van der Waals surface area contributed by atoms with Gasteiger partial charge in [0.2, 0.25) is 20.9 Å². The summed E-state index contributed by atoms with van der Waals surface area (Å²) in [6.07, 6.45) is 2.89. The van der Waals surface area contributed by atoms with E-state index in [0.29, 0.717) is 22.7 Å². The van der Waals surface area contributed by atoms with E-state index >= 15 is 0 Å². The number of aromatic nitrogens is 1. The monoisotopic (exact) mass is 570 g/mol. The second-order valence-corrected chi connectivity index (χ2v) is 11.9. The third-order valence-corrected chi connectivity index (χ3v) is 6.43. The predicted octanol–water partition coefficient (Wildman–Crippen LogP) is 5.35. The average Bonchev–Trinajstić information content (AvgIpc) is 2.87. The number of amides is 1. The minimum Gasteiger partial charge on any atom is -0.443 e. The number of benzene rings is 2. The molecule has 1 N–H and O–H groups in total. The van der Waals surface area contributed by atoms with Crippen LogP contribution in [0.1, 0.15) is 26.3 Å². The van der Waals surface area contributed by atoms with E-state index in [1.54, 1.807) is 57.2 Å². The van der Waals surface area contributed by atoms with Gasteiger partial charge in [-0.3, -0.25) is 0 Å². The molecule has 40 heavy (non-hydrogen) atoms. The summed E-state index contributed by atoms with van der Waals surface area (Å²) in [5.74, 6) is -0.358. The minimum absolute atomic E-state index is 0.170. The number of carbonyl (C=O) groups is 1. The lowest BCUT2D eigenvalue weighted by Crippen LogP contribution is -2.44. The molecule has 9 nitrogen and oxygen atoms in total. The summed E-state index contributed by atoms with van der Waals surface area (Å²) >= 11 is 0. The molecule has 2 heterocycles. The lowest BCUT2D eigenvalue weighted by Gasteiger charge is -2.33. The number of hydrogen-bond acceptors (Lipinski definition) is 8. The van der Waals surface area contributed by atoms with Crippen molar-refractivity contribution in [2.24, 2.45) is 4.99 Å². The van der Waals surface area contributed by atoms with Crippen molar-refractivity contribution in [3.63, 3.8) is 0 Å². The number of carbonyl (C=O) groups excluding carboxylic acids is 1. The second-order valence-electron chi connectivity index (χ2n) is 9.99. The minimum atomic E-state index is -3.71. The van der Waals surface area contributed by atoms with Gasteiger partial charge in [0.1, 0.15) is 23.0 Å². The zero-order valence-electron chi connectivity index (χ0n) is 22.3. The first-order valence-corrected chi connectivity index (χ1v) is 14.1. The summed E-state index contributed by atoms with van der Waals surface area (Å²) in [6.45, 7) is 5.16. The molecule has 2 aromatic carbocycles. The predicted molar refractivity (Wildman–Crippen MR) is 147 cm³/mol. The van der Waals surface area contributed by atoms with E-state index in [1.807, 2.05) is 0 Å². The van der Waals surface area contributed by atoms with Gasteiger partial charge in [-0.25, -0.2) is 36.9 Å². The zero-order chi connectivity index (χ0) is 29.1. The number of halogens is 2. The highest BCUT2D eigenvalue weighted by atomic mass is 32.2. The third kappa shape index (κ3) is 7.41. The Bertz CT molecular complexity index is 1530. The van der Waals surface area contributed by atoms with Gasteiger partial charge in [-0.1, -0.05) is 12.1 Å². The van der Waals surface area contributed by atoms with Gasteiger partial charge < -0.3 is 14.8 Å². The van der Waals surface area contributed by atoms with Crippen LogP contribution in [0.15, 0.2) is 83.7 Å². The topological polar surface area (TPSA) is 110 Å². The van der Waals surface area contributed by atoms with E-state index < -0.39 is 39.2 Å². The number of nitrogens with zero attached hydrogens (tertiary/aromatic N) is 3. The molecule has 1 aromatic heterocycles. The van der Waals surface area contributed by atoms with Crippen molar-refractivity contribution in [3.05, 3.63) is 96.0 Å². The lowest BCUT2D eigenvalue weighted by molar-refractivity contribution is 0.0589. The molecule has 4 rings (SSSR count). The van der Waals surface area contributed by atoms with E-state index in [2.05, 4.69) is 15.3 Å². The van der Waals surface area contributed by atoms with Crippen molar-refractivity contribution < 1.29 is 31.5 Å². The fraction of sp³-hybridized carbons (Fsp3) is 0.250. The molecule has 0 saturated heterocycles. The van der Waals surface area contributed by atoms with Gasteiger partial charge in [0, 0.05) is 24.9 Å². The summed E-state index contributed by atoms with van der Waals surface area (Å²) in [7, 11) is -3.71. The van der Waals surface area contributed by atoms with Gasteiger partial charge in [-0.15, -0.1) is 0 Å². The zero-order valence-corrected chi connectivity index (χ0v) is 23.1. The number of rotatable bonds is 6. The molecule has 1 atom stereocenters. The Labute approximate surface area is 231 Å². The Morgan fingerprint density at radius 1 is 1.00 bits per heavy atom. The molecule has 0 aliphatic carbocycles. The smallest absolute Gasteiger partial charge is 0.419 e. The third-order valence-electron chi connectivity index (χ3n) is 5.50. The molecular formula is C28H28F2N4O5S. The van der Waals surface area contributed by atoms with Crippen LogP contribution in [-0.2, 0) is 21.0 Å². The molecule has 0 spiro atoms. The SMILES string of the molecule is CC(C)(C)OC(=O)N(C1=CNC(S(C)(=O)=O)=NC1Cc1ccc(F)cc1)c1ccc(Oc2ccc(F)cn2)cc1. The molecule has 0 radical (unpaired) electrons. The van der Waals surface area contributed by atoms with Crippen LogP contribution >= 0.6 is 0 Å². The normalized spacial score (nSPS) is 15.4. The van der Waals surface area contributed by atoms with Crippen molar-refractivity contribution in [1.82, 2.24) is 10.3 Å². The summed E-state index contributed by atoms with van der Waals surface area (Å²) < 4.78 is 62.6. The number of amidine groups is 1. The standard InChI is InChI=1S/C28H28F2N4O5S/c1-28(2,3)39-27(35)34(21-10-12-22(13-11-21)38-25-14-9-20(30)16-31-25)24-17-32-26(40(4,36)37)33-23(24)15-18-5-7-19(29)8-6-18/h5-14,16-17,23H,15H2,1-4H3,(H,32,33). The van der Waals surface area contributed by atoms with Crippen LogP contribution in [0, 0.1) is 11.6 Å². The summed E-state index contributed by atoms with van der Waals surface area (Å²) in [5, 5.41) is 2.42. The molecule has 0 fully saturated rings. The van der Waals surface area contributed by atoms with Gasteiger partial charge in [0.15, 0.2) is 0 Å². The van der Waals surface area contributed by atoms with Gasteiger partial charge in [0.05, 0.1) is 23.6 Å². The largest absolute Gasteiger partial charge is 0.443 e. The van der Waals surface area contributed by atoms with Gasteiger partial charge in [-0.05, 0) is 68.8 Å². The van der Waals surface area contributed by atoms with Gasteiger partial charge in [0.25, 0.3) is 0 Å². The number of sulfone groups is 1. The van der Waals surface area contributed by atoms with Crippen molar-refractivity contribution in [1.29, 1.82) is 0 Å². The summed E-state index contributed by atoms with van der Waals surface area (Å²) in [4.78, 5) is 23.1. The van der Waals surface area contributed by atoms with Crippen molar-refractivity contribution in [3.8, 4) is 11.6 Å². The molecule has 0 bridgehead atoms. The highest BCUT2D eigenvalue weighted by Gasteiger charge is 2.34. The molecule has 1 aliphatic heterocycles. The van der Waals surface area contributed by atoms with Crippen LogP contribution < -0.4 is 15.0 Å². The van der Waals surface area contributed by atoms with E-state index in [1.165, 1.54) is 35.4 Å². The first-order chi connectivity index (χ1) is 18.8. The quantitative estimate of drug-likeness (QED) is 0.425. The number of hydrogen-bond donors (Lipinski definition) is 1. The van der Waals surface area contributed by atoms with Crippen LogP contribution in [0.3, 0.4) is 0 Å². The Morgan fingerprint density at radius 2 is 1.65 bits per heavy atom. The maximum absolute atomic E-state index is 13.5.